The van der Waals surface area contributed by atoms with Gasteiger partial charge < -0.3 is 5.73 Å². The third-order valence-corrected chi connectivity index (χ3v) is 2.90. The molecule has 2 N–H and O–H groups in total. The van der Waals surface area contributed by atoms with Crippen LogP contribution in [0.1, 0.15) is 44.2 Å². The van der Waals surface area contributed by atoms with E-state index in [0.717, 1.165) is 5.56 Å². The second-order valence-corrected chi connectivity index (χ2v) is 5.06. The van der Waals surface area contributed by atoms with Crippen LogP contribution >= 0.6 is 0 Å². The molecule has 0 bridgehead atoms. The minimum Gasteiger partial charge on any atom is -0.330 e. The molecular weight excluding hydrogens is 220 g/mol. The fourth-order valence-corrected chi connectivity index (χ4v) is 1.84. The van der Waals surface area contributed by atoms with Gasteiger partial charge in [0.1, 0.15) is 0 Å². The molecule has 17 heavy (non-hydrogen) atoms. The first kappa shape index (κ1) is 14.1. The van der Waals surface area contributed by atoms with Gasteiger partial charge in [-0.3, -0.25) is 0 Å². The second-order valence-electron chi connectivity index (χ2n) is 5.06. The molecule has 0 saturated heterocycles. The highest BCUT2D eigenvalue weighted by molar-refractivity contribution is 5.29. The highest BCUT2D eigenvalue weighted by Crippen LogP contribution is 2.35. The van der Waals surface area contributed by atoms with Crippen LogP contribution in [-0.2, 0) is 5.92 Å². The maximum absolute atomic E-state index is 13.9. The molecule has 0 aromatic heterocycles. The van der Waals surface area contributed by atoms with E-state index in [1.807, 2.05) is 13.0 Å². The monoisotopic (exact) mass is 241 g/mol. The summed E-state index contributed by atoms with van der Waals surface area (Å²) in [5.74, 6) is -2.66. The molecule has 1 atom stereocenters. The quantitative estimate of drug-likeness (QED) is 0.831. The number of hydrogen-bond donors (Lipinski definition) is 1. The lowest BCUT2D eigenvalue weighted by Gasteiger charge is -2.20. The predicted molar refractivity (Wildman–Crippen MR) is 67.3 cm³/mol. The number of halogens is 2. The fourth-order valence-electron chi connectivity index (χ4n) is 1.84. The molecule has 0 aliphatic rings. The van der Waals surface area contributed by atoms with Gasteiger partial charge in [0, 0.05) is 12.0 Å². The van der Waals surface area contributed by atoms with Gasteiger partial charge in [0.2, 0.25) is 0 Å². The topological polar surface area (TPSA) is 26.0 Å². The molecule has 1 rings (SSSR count). The van der Waals surface area contributed by atoms with E-state index >= 15 is 0 Å². The third kappa shape index (κ3) is 3.77. The SMILES string of the molecule is CC(C)CC(F)(F)c1cccc(C(C)CN)c1. The molecule has 0 amide bonds. The lowest BCUT2D eigenvalue weighted by atomic mass is 9.93. The number of benzene rings is 1. The molecule has 0 aliphatic carbocycles. The van der Waals surface area contributed by atoms with Crippen molar-refractivity contribution in [3.63, 3.8) is 0 Å². The summed E-state index contributed by atoms with van der Waals surface area (Å²) in [6.07, 6.45) is -0.118. The van der Waals surface area contributed by atoms with E-state index in [1.165, 1.54) is 6.07 Å². The zero-order chi connectivity index (χ0) is 13.1. The van der Waals surface area contributed by atoms with Crippen molar-refractivity contribution in [2.24, 2.45) is 11.7 Å². The summed E-state index contributed by atoms with van der Waals surface area (Å²) in [7, 11) is 0. The van der Waals surface area contributed by atoms with E-state index in [2.05, 4.69) is 0 Å². The summed E-state index contributed by atoms with van der Waals surface area (Å²) in [4.78, 5) is 0. The normalized spacial score (nSPS) is 14.1. The smallest absolute Gasteiger partial charge is 0.273 e. The van der Waals surface area contributed by atoms with Crippen LogP contribution in [-0.4, -0.2) is 6.54 Å². The zero-order valence-corrected chi connectivity index (χ0v) is 10.7. The molecule has 0 saturated carbocycles. The molecular formula is C14H21F2N. The van der Waals surface area contributed by atoms with Gasteiger partial charge in [-0.15, -0.1) is 0 Å². The summed E-state index contributed by atoms with van der Waals surface area (Å²) in [5, 5.41) is 0. The average Bonchev–Trinajstić information content (AvgIpc) is 2.26. The fraction of sp³-hybridized carbons (Fsp3) is 0.571. The standard InChI is InChI=1S/C14H21F2N/c1-10(2)8-14(15,16)13-6-4-5-12(7-13)11(3)9-17/h4-7,10-11H,8-9,17H2,1-3H3. The molecule has 3 heteroatoms. The summed E-state index contributed by atoms with van der Waals surface area (Å²) >= 11 is 0. The third-order valence-electron chi connectivity index (χ3n) is 2.90. The van der Waals surface area contributed by atoms with E-state index in [1.54, 1.807) is 26.0 Å². The molecule has 1 unspecified atom stereocenters. The molecule has 0 radical (unpaired) electrons. The van der Waals surface area contributed by atoms with Gasteiger partial charge in [-0.25, -0.2) is 8.78 Å². The van der Waals surface area contributed by atoms with Gasteiger partial charge in [0.25, 0.3) is 5.92 Å². The Balaban J connectivity index is 2.98. The molecule has 0 aliphatic heterocycles. The molecule has 1 nitrogen and oxygen atoms in total. The number of hydrogen-bond acceptors (Lipinski definition) is 1. The van der Waals surface area contributed by atoms with E-state index in [-0.39, 0.29) is 23.8 Å². The van der Waals surface area contributed by atoms with Gasteiger partial charge >= 0.3 is 0 Å². The second kappa shape index (κ2) is 5.58. The summed E-state index contributed by atoms with van der Waals surface area (Å²) in [6.45, 7) is 6.03. The van der Waals surface area contributed by atoms with Crippen molar-refractivity contribution in [1.29, 1.82) is 0 Å². The first-order chi connectivity index (χ1) is 7.86. The van der Waals surface area contributed by atoms with Crippen LogP contribution in [0.3, 0.4) is 0 Å². The van der Waals surface area contributed by atoms with Crippen LogP contribution in [0, 0.1) is 5.92 Å². The lowest BCUT2D eigenvalue weighted by molar-refractivity contribution is -0.0250. The summed E-state index contributed by atoms with van der Waals surface area (Å²) < 4.78 is 27.8. The van der Waals surface area contributed by atoms with E-state index in [9.17, 15) is 8.78 Å². The zero-order valence-electron chi connectivity index (χ0n) is 10.7. The van der Waals surface area contributed by atoms with Gasteiger partial charge in [0.05, 0.1) is 0 Å². The van der Waals surface area contributed by atoms with Crippen molar-refractivity contribution in [3.05, 3.63) is 35.4 Å². The van der Waals surface area contributed by atoms with Crippen molar-refractivity contribution in [3.8, 4) is 0 Å². The van der Waals surface area contributed by atoms with Crippen LogP contribution < -0.4 is 5.73 Å². The minimum absolute atomic E-state index is 0.0272. The Labute approximate surface area is 102 Å². The van der Waals surface area contributed by atoms with Crippen molar-refractivity contribution in [2.45, 2.75) is 39.0 Å². The lowest BCUT2D eigenvalue weighted by Crippen LogP contribution is -2.17. The van der Waals surface area contributed by atoms with Gasteiger partial charge in [-0.1, -0.05) is 39.0 Å². The first-order valence-corrected chi connectivity index (χ1v) is 6.05. The van der Waals surface area contributed by atoms with E-state index in [0.29, 0.717) is 6.54 Å². The molecule has 0 spiro atoms. The van der Waals surface area contributed by atoms with Crippen molar-refractivity contribution in [1.82, 2.24) is 0 Å². The van der Waals surface area contributed by atoms with Gasteiger partial charge in [0.15, 0.2) is 0 Å². The predicted octanol–water partition coefficient (Wildman–Crippen LogP) is 3.89. The largest absolute Gasteiger partial charge is 0.330 e. The minimum atomic E-state index is -2.75. The molecule has 1 aromatic rings. The maximum atomic E-state index is 13.9. The van der Waals surface area contributed by atoms with Crippen molar-refractivity contribution in [2.75, 3.05) is 6.54 Å². The van der Waals surface area contributed by atoms with Crippen LogP contribution in [0.2, 0.25) is 0 Å². The summed E-state index contributed by atoms with van der Waals surface area (Å²) in [5.41, 5.74) is 6.54. The Kier molecular flexibility index (Phi) is 4.63. The Morgan fingerprint density at radius 3 is 2.41 bits per heavy atom. The van der Waals surface area contributed by atoms with Crippen LogP contribution in [0.4, 0.5) is 8.78 Å². The Morgan fingerprint density at radius 2 is 1.88 bits per heavy atom. The van der Waals surface area contributed by atoms with Gasteiger partial charge in [-0.05, 0) is 30.0 Å². The number of alkyl halides is 2. The Morgan fingerprint density at radius 1 is 1.24 bits per heavy atom. The number of nitrogens with two attached hydrogens (primary N) is 1. The van der Waals surface area contributed by atoms with Crippen LogP contribution in [0.25, 0.3) is 0 Å². The Bertz CT molecular complexity index is 361. The van der Waals surface area contributed by atoms with Crippen LogP contribution in [0.15, 0.2) is 24.3 Å². The van der Waals surface area contributed by atoms with E-state index in [4.69, 9.17) is 5.73 Å². The van der Waals surface area contributed by atoms with Gasteiger partial charge in [-0.2, -0.15) is 0 Å². The number of rotatable bonds is 5. The highest BCUT2D eigenvalue weighted by Gasteiger charge is 2.32. The maximum Gasteiger partial charge on any atom is 0.273 e. The van der Waals surface area contributed by atoms with E-state index < -0.39 is 5.92 Å². The molecule has 0 heterocycles. The van der Waals surface area contributed by atoms with Crippen molar-refractivity contribution >= 4 is 0 Å². The average molecular weight is 241 g/mol. The highest BCUT2D eigenvalue weighted by atomic mass is 19.3. The molecule has 96 valence electrons. The Hall–Kier alpha value is -0.960. The first-order valence-electron chi connectivity index (χ1n) is 6.05. The van der Waals surface area contributed by atoms with Crippen molar-refractivity contribution < 1.29 is 8.78 Å². The molecule has 1 aromatic carbocycles. The molecule has 0 fully saturated rings. The van der Waals surface area contributed by atoms with Crippen LogP contribution in [0.5, 0.6) is 0 Å². The summed E-state index contributed by atoms with van der Waals surface area (Å²) in [6, 6.07) is 6.62.